The summed E-state index contributed by atoms with van der Waals surface area (Å²) in [6, 6.07) is 9.04. The fourth-order valence-electron chi connectivity index (χ4n) is 4.41. The molecule has 0 spiro atoms. The predicted octanol–water partition coefficient (Wildman–Crippen LogP) is 4.52. The maximum absolute atomic E-state index is 14.0. The van der Waals surface area contributed by atoms with E-state index < -0.39 is 0 Å². The van der Waals surface area contributed by atoms with Crippen LogP contribution in [0.5, 0.6) is 0 Å². The number of nitriles is 1. The highest BCUT2D eigenvalue weighted by Crippen LogP contribution is 2.30. The van der Waals surface area contributed by atoms with Crippen molar-refractivity contribution in [2.24, 2.45) is 5.92 Å². The lowest BCUT2D eigenvalue weighted by Crippen LogP contribution is -2.47. The van der Waals surface area contributed by atoms with Gasteiger partial charge in [0.25, 0.3) is 0 Å². The molecule has 1 saturated heterocycles. The molecule has 1 aliphatic carbocycles. The summed E-state index contributed by atoms with van der Waals surface area (Å²) in [6.45, 7) is 2.73. The monoisotopic (exact) mass is 382 g/mol. The first-order valence-corrected chi connectivity index (χ1v) is 10.4. The largest absolute Gasteiger partial charge is 0.424 e. The Morgan fingerprint density at radius 2 is 1.79 bits per heavy atom. The zero-order valence-corrected chi connectivity index (χ0v) is 16.2. The fraction of sp³-hybridized carbons (Fsp3) is 0.545. The van der Waals surface area contributed by atoms with E-state index in [0.717, 1.165) is 18.8 Å². The van der Waals surface area contributed by atoms with Crippen molar-refractivity contribution in [2.75, 3.05) is 36.0 Å². The van der Waals surface area contributed by atoms with Gasteiger partial charge in [-0.15, -0.1) is 0 Å². The molecule has 0 N–H and O–H groups in total. The average Bonchev–Trinajstić information content (AvgIpc) is 3.17. The number of rotatable bonds is 5. The van der Waals surface area contributed by atoms with Gasteiger partial charge in [-0.05, 0) is 24.5 Å². The molecular formula is C22H27FN4O. The Bertz CT molecular complexity index is 829. The Kier molecular flexibility index (Phi) is 5.80. The van der Waals surface area contributed by atoms with Crippen LogP contribution in [0.4, 0.5) is 16.0 Å². The predicted molar refractivity (Wildman–Crippen MR) is 107 cm³/mol. The molecule has 0 bridgehead atoms. The topological polar surface area (TPSA) is 56.3 Å². The molecule has 148 valence electrons. The van der Waals surface area contributed by atoms with Crippen LogP contribution in [0.2, 0.25) is 0 Å². The Hall–Kier alpha value is -2.55. The normalized spacial score (nSPS) is 18.3. The van der Waals surface area contributed by atoms with E-state index in [1.54, 1.807) is 6.07 Å². The van der Waals surface area contributed by atoms with Crippen LogP contribution in [0, 0.1) is 23.1 Å². The van der Waals surface area contributed by atoms with E-state index in [1.165, 1.54) is 38.2 Å². The number of nitrogens with zero attached hydrogens (tertiary/aromatic N) is 4. The SMILES string of the molecule is N#Cc1nc(CCC2CCCCC2)oc1N1CCN(c2ccccc2F)CC1. The number of anilines is 2. The molecule has 2 aliphatic rings. The third-order valence-electron chi connectivity index (χ3n) is 6.01. The molecule has 6 heteroatoms. The van der Waals surface area contributed by atoms with Gasteiger partial charge in [0.2, 0.25) is 11.6 Å². The number of oxazole rings is 1. The van der Waals surface area contributed by atoms with Gasteiger partial charge in [0.05, 0.1) is 5.69 Å². The van der Waals surface area contributed by atoms with Crippen LogP contribution >= 0.6 is 0 Å². The molecule has 0 radical (unpaired) electrons. The summed E-state index contributed by atoms with van der Waals surface area (Å²) in [4.78, 5) is 8.54. The highest BCUT2D eigenvalue weighted by atomic mass is 19.1. The van der Waals surface area contributed by atoms with Crippen LogP contribution < -0.4 is 9.80 Å². The van der Waals surface area contributed by atoms with Gasteiger partial charge in [-0.2, -0.15) is 5.26 Å². The molecule has 2 heterocycles. The minimum atomic E-state index is -0.196. The molecule has 4 rings (SSSR count). The van der Waals surface area contributed by atoms with Crippen molar-refractivity contribution < 1.29 is 8.81 Å². The van der Waals surface area contributed by atoms with Crippen LogP contribution in [-0.4, -0.2) is 31.2 Å². The Morgan fingerprint density at radius 3 is 2.50 bits per heavy atom. The Morgan fingerprint density at radius 1 is 1.07 bits per heavy atom. The van der Waals surface area contributed by atoms with E-state index in [4.69, 9.17) is 4.42 Å². The van der Waals surface area contributed by atoms with Gasteiger partial charge in [0.1, 0.15) is 11.9 Å². The van der Waals surface area contributed by atoms with Gasteiger partial charge < -0.3 is 14.2 Å². The van der Waals surface area contributed by atoms with Crippen molar-refractivity contribution in [3.63, 3.8) is 0 Å². The summed E-state index contributed by atoms with van der Waals surface area (Å²) in [5, 5.41) is 9.49. The first-order chi connectivity index (χ1) is 13.7. The minimum Gasteiger partial charge on any atom is -0.424 e. The number of hydrogen-bond donors (Lipinski definition) is 0. The third-order valence-corrected chi connectivity index (χ3v) is 6.01. The zero-order valence-electron chi connectivity index (χ0n) is 16.2. The van der Waals surface area contributed by atoms with E-state index in [9.17, 15) is 9.65 Å². The van der Waals surface area contributed by atoms with Gasteiger partial charge in [-0.25, -0.2) is 9.37 Å². The van der Waals surface area contributed by atoms with E-state index in [-0.39, 0.29) is 5.82 Å². The molecule has 1 aliphatic heterocycles. The molecule has 5 nitrogen and oxygen atoms in total. The van der Waals surface area contributed by atoms with E-state index in [0.29, 0.717) is 49.3 Å². The molecule has 1 aromatic carbocycles. The molecule has 2 fully saturated rings. The lowest BCUT2D eigenvalue weighted by atomic mass is 9.86. The highest BCUT2D eigenvalue weighted by Gasteiger charge is 2.25. The first-order valence-electron chi connectivity index (χ1n) is 10.4. The number of para-hydroxylation sites is 1. The maximum Gasteiger partial charge on any atom is 0.234 e. The second-order valence-corrected chi connectivity index (χ2v) is 7.84. The van der Waals surface area contributed by atoms with Crippen molar-refractivity contribution in [1.82, 2.24) is 4.98 Å². The summed E-state index contributed by atoms with van der Waals surface area (Å²) in [5.74, 6) is 1.82. The number of halogens is 1. The summed E-state index contributed by atoms with van der Waals surface area (Å²) < 4.78 is 20.0. The molecular weight excluding hydrogens is 355 g/mol. The number of hydrogen-bond acceptors (Lipinski definition) is 5. The summed E-state index contributed by atoms with van der Waals surface area (Å²) in [5.41, 5.74) is 1.01. The minimum absolute atomic E-state index is 0.196. The van der Waals surface area contributed by atoms with Crippen molar-refractivity contribution in [2.45, 2.75) is 44.9 Å². The Labute approximate surface area is 165 Å². The van der Waals surface area contributed by atoms with E-state index in [1.807, 2.05) is 17.0 Å². The lowest BCUT2D eigenvalue weighted by molar-refractivity contribution is 0.328. The smallest absolute Gasteiger partial charge is 0.234 e. The van der Waals surface area contributed by atoms with Crippen LogP contribution in [0.3, 0.4) is 0 Å². The quantitative estimate of drug-likeness (QED) is 0.761. The van der Waals surface area contributed by atoms with Gasteiger partial charge in [-0.3, -0.25) is 0 Å². The van der Waals surface area contributed by atoms with Crippen LogP contribution in [0.25, 0.3) is 0 Å². The van der Waals surface area contributed by atoms with Gasteiger partial charge in [-0.1, -0.05) is 44.2 Å². The summed E-state index contributed by atoms with van der Waals surface area (Å²) >= 11 is 0. The number of benzene rings is 1. The van der Waals surface area contributed by atoms with Crippen LogP contribution in [0.1, 0.15) is 50.1 Å². The van der Waals surface area contributed by atoms with Crippen molar-refractivity contribution >= 4 is 11.6 Å². The molecule has 1 aromatic heterocycles. The molecule has 0 amide bonds. The van der Waals surface area contributed by atoms with Gasteiger partial charge in [0.15, 0.2) is 5.89 Å². The number of aryl methyl sites for hydroxylation is 1. The molecule has 1 saturated carbocycles. The molecule has 28 heavy (non-hydrogen) atoms. The maximum atomic E-state index is 14.0. The van der Waals surface area contributed by atoms with E-state index in [2.05, 4.69) is 16.0 Å². The summed E-state index contributed by atoms with van der Waals surface area (Å²) in [7, 11) is 0. The first kappa shape index (κ1) is 18.8. The molecule has 2 aromatic rings. The van der Waals surface area contributed by atoms with Gasteiger partial charge in [0, 0.05) is 32.6 Å². The average molecular weight is 382 g/mol. The molecule has 0 atom stereocenters. The standard InChI is InChI=1S/C22H27FN4O/c23-18-8-4-5-9-20(18)26-12-14-27(15-13-26)22-19(16-24)25-21(28-22)11-10-17-6-2-1-3-7-17/h4-5,8-9,17H,1-3,6-7,10-15H2. The highest BCUT2D eigenvalue weighted by molar-refractivity contribution is 5.52. The van der Waals surface area contributed by atoms with Gasteiger partial charge >= 0.3 is 0 Å². The van der Waals surface area contributed by atoms with Crippen LogP contribution in [0.15, 0.2) is 28.7 Å². The van der Waals surface area contributed by atoms with Crippen molar-refractivity contribution in [1.29, 1.82) is 5.26 Å². The second kappa shape index (κ2) is 8.64. The van der Waals surface area contributed by atoms with Crippen molar-refractivity contribution in [3.8, 4) is 6.07 Å². The van der Waals surface area contributed by atoms with Crippen LogP contribution in [-0.2, 0) is 6.42 Å². The number of aromatic nitrogens is 1. The third kappa shape index (κ3) is 4.14. The summed E-state index contributed by atoms with van der Waals surface area (Å²) in [6.07, 6.45) is 8.51. The van der Waals surface area contributed by atoms with Crippen molar-refractivity contribution in [3.05, 3.63) is 41.7 Å². The lowest BCUT2D eigenvalue weighted by Gasteiger charge is -2.36. The Balaban J connectivity index is 1.38. The fourth-order valence-corrected chi connectivity index (χ4v) is 4.41. The number of piperazine rings is 1. The van der Waals surface area contributed by atoms with E-state index >= 15 is 0 Å². The zero-order chi connectivity index (χ0) is 19.3. The molecule has 0 unspecified atom stereocenters. The second-order valence-electron chi connectivity index (χ2n) is 7.84.